The first-order chi connectivity index (χ1) is 8.15. The molecule has 0 aliphatic rings. The molecule has 4 heteroatoms. The summed E-state index contributed by atoms with van der Waals surface area (Å²) in [5.74, 6) is 0.0344. The second-order valence-electron chi connectivity index (χ2n) is 3.77. The molecule has 0 fully saturated rings. The molecule has 17 heavy (non-hydrogen) atoms. The number of amides is 1. The Bertz CT molecular complexity index is 522. The first-order valence-corrected chi connectivity index (χ1v) is 7.19. The molecule has 1 N–H and O–H groups in total. The zero-order chi connectivity index (χ0) is 12.3. The van der Waals surface area contributed by atoms with Crippen LogP contribution in [0.15, 0.2) is 35.7 Å². The number of rotatable bonds is 3. The highest BCUT2D eigenvalue weighted by atomic mass is 127. The van der Waals surface area contributed by atoms with Crippen LogP contribution >= 0.6 is 33.9 Å². The third-order valence-corrected chi connectivity index (χ3v) is 4.41. The molecule has 2 rings (SSSR count). The van der Waals surface area contributed by atoms with Gasteiger partial charge in [0.1, 0.15) is 0 Å². The van der Waals surface area contributed by atoms with Crippen LogP contribution in [0.3, 0.4) is 0 Å². The van der Waals surface area contributed by atoms with Crippen molar-refractivity contribution in [3.8, 4) is 0 Å². The molecule has 0 atom stereocenters. The zero-order valence-electron chi connectivity index (χ0n) is 9.37. The largest absolute Gasteiger partial charge is 0.326 e. The number of halogens is 1. The van der Waals surface area contributed by atoms with Gasteiger partial charge in [0.25, 0.3) is 0 Å². The molecule has 0 bridgehead atoms. The van der Waals surface area contributed by atoms with Crippen molar-refractivity contribution < 1.29 is 4.79 Å². The van der Waals surface area contributed by atoms with E-state index < -0.39 is 0 Å². The third kappa shape index (κ3) is 3.54. The molecule has 1 aromatic heterocycles. The van der Waals surface area contributed by atoms with Crippen molar-refractivity contribution in [1.29, 1.82) is 0 Å². The fourth-order valence-corrected chi connectivity index (χ4v) is 2.67. The average molecular weight is 357 g/mol. The normalized spacial score (nSPS) is 10.2. The molecule has 88 valence electrons. The minimum atomic E-state index is 0.0344. The van der Waals surface area contributed by atoms with Crippen molar-refractivity contribution in [2.24, 2.45) is 0 Å². The third-order valence-electron chi connectivity index (χ3n) is 2.37. The summed E-state index contributed by atoms with van der Waals surface area (Å²) in [6.07, 6.45) is 0.447. The van der Waals surface area contributed by atoms with Gasteiger partial charge in [0.15, 0.2) is 0 Å². The predicted octanol–water partition coefficient (Wildman–Crippen LogP) is 3.84. The van der Waals surface area contributed by atoms with Gasteiger partial charge in [-0.25, -0.2) is 0 Å². The van der Waals surface area contributed by atoms with Crippen molar-refractivity contribution in [2.45, 2.75) is 13.3 Å². The van der Waals surface area contributed by atoms with Crippen LogP contribution in [-0.2, 0) is 11.2 Å². The van der Waals surface area contributed by atoms with E-state index in [1.807, 2.05) is 35.7 Å². The van der Waals surface area contributed by atoms with Crippen molar-refractivity contribution in [3.05, 3.63) is 49.7 Å². The fourth-order valence-electron chi connectivity index (χ4n) is 1.45. The van der Waals surface area contributed by atoms with Gasteiger partial charge >= 0.3 is 0 Å². The molecular formula is C13H12INOS. The first-order valence-electron chi connectivity index (χ1n) is 5.23. The molecule has 0 saturated carbocycles. The number of benzene rings is 1. The van der Waals surface area contributed by atoms with Gasteiger partial charge in [0, 0.05) is 14.1 Å². The van der Waals surface area contributed by atoms with Gasteiger partial charge in [-0.3, -0.25) is 4.79 Å². The van der Waals surface area contributed by atoms with Gasteiger partial charge in [-0.1, -0.05) is 12.1 Å². The van der Waals surface area contributed by atoms with E-state index in [-0.39, 0.29) is 5.91 Å². The molecule has 0 saturated heterocycles. The number of carbonyl (C=O) groups excluding carboxylic acids is 1. The number of anilines is 1. The summed E-state index contributed by atoms with van der Waals surface area (Å²) in [7, 11) is 0. The van der Waals surface area contributed by atoms with Crippen LogP contribution in [-0.4, -0.2) is 5.91 Å². The topological polar surface area (TPSA) is 29.1 Å². The highest BCUT2D eigenvalue weighted by molar-refractivity contribution is 14.1. The quantitative estimate of drug-likeness (QED) is 0.831. The van der Waals surface area contributed by atoms with Crippen LogP contribution < -0.4 is 5.32 Å². The summed E-state index contributed by atoms with van der Waals surface area (Å²) in [6.45, 7) is 2.05. The van der Waals surface area contributed by atoms with Gasteiger partial charge in [0.05, 0.1) is 6.42 Å². The predicted molar refractivity (Wildman–Crippen MR) is 80.5 cm³/mol. The SMILES string of the molecule is Cc1ccc(NC(=O)Cc2cccs2)cc1I. The maximum absolute atomic E-state index is 11.8. The second-order valence-corrected chi connectivity index (χ2v) is 5.96. The molecule has 0 aliphatic heterocycles. The van der Waals surface area contributed by atoms with Crippen molar-refractivity contribution in [2.75, 3.05) is 5.32 Å². The van der Waals surface area contributed by atoms with Crippen LogP contribution in [0.1, 0.15) is 10.4 Å². The molecule has 2 nitrogen and oxygen atoms in total. The molecule has 0 unspecified atom stereocenters. The standard InChI is InChI=1S/C13H12INOS/c1-9-4-5-10(7-12(9)14)15-13(16)8-11-3-2-6-17-11/h2-7H,8H2,1H3,(H,15,16). The number of thiophene rings is 1. The number of carbonyl (C=O) groups is 1. The van der Waals surface area contributed by atoms with Gasteiger partial charge in [-0.05, 0) is 58.7 Å². The fraction of sp³-hybridized carbons (Fsp3) is 0.154. The molecule has 1 amide bonds. The summed E-state index contributed by atoms with van der Waals surface area (Å²) < 4.78 is 1.16. The van der Waals surface area contributed by atoms with Crippen molar-refractivity contribution >= 4 is 45.5 Å². The highest BCUT2D eigenvalue weighted by Crippen LogP contribution is 2.17. The van der Waals surface area contributed by atoms with Gasteiger partial charge in [0.2, 0.25) is 5.91 Å². The van der Waals surface area contributed by atoms with E-state index in [9.17, 15) is 4.79 Å². The van der Waals surface area contributed by atoms with Crippen LogP contribution in [0.5, 0.6) is 0 Å². The Labute approximate surface area is 118 Å². The summed E-state index contributed by atoms with van der Waals surface area (Å²) in [5.41, 5.74) is 2.09. The molecule has 0 radical (unpaired) electrons. The lowest BCUT2D eigenvalue weighted by Crippen LogP contribution is -2.13. The van der Waals surface area contributed by atoms with Crippen molar-refractivity contribution in [1.82, 2.24) is 0 Å². The Morgan fingerprint density at radius 1 is 1.41 bits per heavy atom. The minimum Gasteiger partial charge on any atom is -0.326 e. The van der Waals surface area contributed by atoms with Crippen LogP contribution in [0.25, 0.3) is 0 Å². The Kier molecular flexibility index (Phi) is 4.17. The number of nitrogens with one attached hydrogen (secondary N) is 1. The van der Waals surface area contributed by atoms with Crippen LogP contribution in [0, 0.1) is 10.5 Å². The van der Waals surface area contributed by atoms with Gasteiger partial charge in [-0.2, -0.15) is 0 Å². The lowest BCUT2D eigenvalue weighted by Gasteiger charge is -2.06. The van der Waals surface area contributed by atoms with E-state index in [0.717, 1.165) is 14.1 Å². The lowest BCUT2D eigenvalue weighted by atomic mass is 10.2. The Morgan fingerprint density at radius 2 is 2.24 bits per heavy atom. The van der Waals surface area contributed by atoms with E-state index in [0.29, 0.717) is 6.42 Å². The van der Waals surface area contributed by atoms with Crippen LogP contribution in [0.4, 0.5) is 5.69 Å². The Balaban J connectivity index is 2.00. The molecular weight excluding hydrogens is 345 g/mol. The first kappa shape index (κ1) is 12.6. The number of hydrogen-bond donors (Lipinski definition) is 1. The Morgan fingerprint density at radius 3 is 2.88 bits per heavy atom. The van der Waals surface area contributed by atoms with E-state index in [2.05, 4.69) is 34.8 Å². The van der Waals surface area contributed by atoms with Crippen LogP contribution in [0.2, 0.25) is 0 Å². The maximum atomic E-state index is 11.8. The van der Waals surface area contributed by atoms with E-state index in [1.54, 1.807) is 11.3 Å². The minimum absolute atomic E-state index is 0.0344. The summed E-state index contributed by atoms with van der Waals surface area (Å²) in [4.78, 5) is 12.9. The Hall–Kier alpha value is -0.880. The molecule has 2 aromatic rings. The van der Waals surface area contributed by atoms with Gasteiger partial charge < -0.3 is 5.32 Å². The monoisotopic (exact) mass is 357 g/mol. The smallest absolute Gasteiger partial charge is 0.229 e. The number of aryl methyl sites for hydroxylation is 1. The van der Waals surface area contributed by atoms with E-state index >= 15 is 0 Å². The molecule has 0 aliphatic carbocycles. The highest BCUT2D eigenvalue weighted by Gasteiger charge is 2.05. The maximum Gasteiger partial charge on any atom is 0.229 e. The van der Waals surface area contributed by atoms with E-state index in [1.165, 1.54) is 5.56 Å². The molecule has 1 aromatic carbocycles. The van der Waals surface area contributed by atoms with Gasteiger partial charge in [-0.15, -0.1) is 11.3 Å². The average Bonchev–Trinajstić information content (AvgIpc) is 2.76. The summed E-state index contributed by atoms with van der Waals surface area (Å²) >= 11 is 3.88. The lowest BCUT2D eigenvalue weighted by molar-refractivity contribution is -0.115. The zero-order valence-corrected chi connectivity index (χ0v) is 12.3. The van der Waals surface area contributed by atoms with Crippen molar-refractivity contribution in [3.63, 3.8) is 0 Å². The number of hydrogen-bond acceptors (Lipinski definition) is 2. The molecule has 1 heterocycles. The molecule has 0 spiro atoms. The van der Waals surface area contributed by atoms with E-state index in [4.69, 9.17) is 0 Å². The summed E-state index contributed by atoms with van der Waals surface area (Å²) in [6, 6.07) is 9.87. The second kappa shape index (κ2) is 5.64. The summed E-state index contributed by atoms with van der Waals surface area (Å²) in [5, 5.41) is 4.89.